The van der Waals surface area contributed by atoms with Crippen molar-refractivity contribution in [2.45, 2.75) is 39.8 Å². The normalized spacial score (nSPS) is 12.3. The molecule has 2 rings (SSSR count). The fraction of sp³-hybridized carbons (Fsp3) is 0.400. The van der Waals surface area contributed by atoms with Gasteiger partial charge in [-0.15, -0.1) is 0 Å². The summed E-state index contributed by atoms with van der Waals surface area (Å²) in [5.41, 5.74) is 6.65. The van der Waals surface area contributed by atoms with E-state index in [1.807, 2.05) is 23.8 Å². The maximum Gasteiger partial charge on any atom is 0.227 e. The summed E-state index contributed by atoms with van der Waals surface area (Å²) >= 11 is 1.57. The van der Waals surface area contributed by atoms with Gasteiger partial charge in [-0.1, -0.05) is 5.16 Å². The Balaban J connectivity index is 2.01. The molecule has 0 unspecified atom stereocenters. The van der Waals surface area contributed by atoms with Gasteiger partial charge in [0.2, 0.25) is 11.8 Å². The summed E-state index contributed by atoms with van der Waals surface area (Å²) in [5, 5.41) is 10.5. The van der Waals surface area contributed by atoms with Gasteiger partial charge in [0.25, 0.3) is 0 Å². The summed E-state index contributed by atoms with van der Waals surface area (Å²) in [6, 6.07) is 1.94. The van der Waals surface area contributed by atoms with Crippen molar-refractivity contribution in [2.75, 3.05) is 0 Å². The maximum absolute atomic E-state index is 11.1. The first-order chi connectivity index (χ1) is 10.8. The highest BCUT2D eigenvalue weighted by molar-refractivity contribution is 7.08. The first-order valence-corrected chi connectivity index (χ1v) is 7.97. The average molecular weight is 336 g/mol. The molecule has 0 aliphatic carbocycles. The lowest BCUT2D eigenvalue weighted by Crippen LogP contribution is -2.52. The second kappa shape index (κ2) is 6.82. The van der Waals surface area contributed by atoms with E-state index in [1.54, 1.807) is 25.2 Å². The molecule has 0 saturated heterocycles. The number of nitrogens with zero attached hydrogens (tertiary/aromatic N) is 2. The molecule has 2 aromatic rings. The first kappa shape index (κ1) is 17.0. The van der Waals surface area contributed by atoms with Crippen LogP contribution in [0.4, 0.5) is 0 Å². The predicted molar refractivity (Wildman–Crippen MR) is 88.9 cm³/mol. The summed E-state index contributed by atoms with van der Waals surface area (Å²) in [6.07, 6.45) is 0. The Hall–Kier alpha value is -2.35. The van der Waals surface area contributed by atoms with Crippen LogP contribution in [-0.2, 0) is 16.2 Å². The number of amidine groups is 1. The van der Waals surface area contributed by atoms with Crippen LogP contribution in [0, 0.1) is 6.92 Å². The van der Waals surface area contributed by atoms with Crippen LogP contribution < -0.4 is 11.1 Å². The minimum absolute atomic E-state index is 0.135. The molecule has 1 amide bonds. The van der Waals surface area contributed by atoms with Crippen molar-refractivity contribution in [3.63, 3.8) is 0 Å². The van der Waals surface area contributed by atoms with E-state index in [2.05, 4.69) is 15.5 Å². The van der Waals surface area contributed by atoms with Gasteiger partial charge in [0.05, 0.1) is 5.54 Å². The number of oxazole rings is 1. The van der Waals surface area contributed by atoms with E-state index >= 15 is 0 Å². The van der Waals surface area contributed by atoms with Gasteiger partial charge in [0.1, 0.15) is 11.5 Å². The Morgan fingerprint density at radius 2 is 2.30 bits per heavy atom. The molecule has 0 radical (unpaired) electrons. The Bertz CT molecular complexity index is 704. The fourth-order valence-electron chi connectivity index (χ4n) is 1.85. The highest BCUT2D eigenvalue weighted by atomic mass is 32.1. The van der Waals surface area contributed by atoms with Crippen molar-refractivity contribution in [1.29, 1.82) is 0 Å². The summed E-state index contributed by atoms with van der Waals surface area (Å²) in [5.74, 6) is 1.20. The lowest BCUT2D eigenvalue weighted by molar-refractivity contribution is -0.119. The number of amides is 1. The van der Waals surface area contributed by atoms with E-state index in [1.165, 1.54) is 6.92 Å². The zero-order valence-corrected chi connectivity index (χ0v) is 14.4. The molecule has 2 aromatic heterocycles. The number of aryl methyl sites for hydroxylation is 1. The molecule has 23 heavy (non-hydrogen) atoms. The lowest BCUT2D eigenvalue weighted by atomic mass is 10.0. The van der Waals surface area contributed by atoms with E-state index in [4.69, 9.17) is 15.0 Å². The lowest BCUT2D eigenvalue weighted by Gasteiger charge is -2.23. The standard InChI is InChI=1S/C15H20N4O3S/c1-9-12(17-13(22-9)11-5-6-23-8-11)7-21-19-14(16)15(3,4)18-10(2)20/h5-6,8H,7H2,1-4H3,(H2,16,19)(H,18,20). The third-order valence-corrected chi connectivity index (χ3v) is 3.84. The molecule has 0 aliphatic heterocycles. The van der Waals surface area contributed by atoms with Crippen LogP contribution in [0.3, 0.4) is 0 Å². The van der Waals surface area contributed by atoms with Crippen LogP contribution in [0.1, 0.15) is 32.2 Å². The Kier molecular flexibility index (Phi) is 5.05. The Labute approximate surface area is 138 Å². The highest BCUT2D eigenvalue weighted by Crippen LogP contribution is 2.24. The summed E-state index contributed by atoms with van der Waals surface area (Å²) < 4.78 is 5.62. The fourth-order valence-corrected chi connectivity index (χ4v) is 2.48. The topological polar surface area (TPSA) is 103 Å². The van der Waals surface area contributed by atoms with Gasteiger partial charge in [0, 0.05) is 17.9 Å². The van der Waals surface area contributed by atoms with Gasteiger partial charge in [-0.25, -0.2) is 4.98 Å². The number of nitrogens with one attached hydrogen (secondary N) is 1. The minimum atomic E-state index is -0.785. The number of carbonyl (C=O) groups excluding carboxylic acids is 1. The van der Waals surface area contributed by atoms with Gasteiger partial charge < -0.3 is 20.3 Å². The zero-order valence-electron chi connectivity index (χ0n) is 13.5. The molecule has 0 fully saturated rings. The van der Waals surface area contributed by atoms with Crippen LogP contribution in [0.15, 0.2) is 26.4 Å². The van der Waals surface area contributed by atoms with E-state index in [0.29, 0.717) is 17.3 Å². The monoisotopic (exact) mass is 336 g/mol. The Morgan fingerprint density at radius 1 is 1.57 bits per heavy atom. The molecule has 0 bridgehead atoms. The van der Waals surface area contributed by atoms with E-state index in [-0.39, 0.29) is 18.3 Å². The molecule has 3 N–H and O–H groups in total. The molecule has 0 spiro atoms. The van der Waals surface area contributed by atoms with Crippen molar-refractivity contribution < 1.29 is 14.0 Å². The SMILES string of the molecule is CC(=O)NC(C)(C)C(N)=NOCc1nc(-c2ccsc2)oc1C. The maximum atomic E-state index is 11.1. The van der Waals surface area contributed by atoms with Gasteiger partial charge >= 0.3 is 0 Å². The minimum Gasteiger partial charge on any atom is -0.441 e. The number of carbonyl (C=O) groups is 1. The number of aromatic nitrogens is 1. The molecule has 2 heterocycles. The second-order valence-corrected chi connectivity index (χ2v) is 6.37. The number of hydrogen-bond donors (Lipinski definition) is 2. The highest BCUT2D eigenvalue weighted by Gasteiger charge is 2.24. The number of oxime groups is 1. The van der Waals surface area contributed by atoms with Crippen molar-refractivity contribution >= 4 is 23.1 Å². The van der Waals surface area contributed by atoms with E-state index in [0.717, 1.165) is 5.56 Å². The summed E-state index contributed by atoms with van der Waals surface area (Å²) in [6.45, 7) is 6.85. The second-order valence-electron chi connectivity index (χ2n) is 5.59. The first-order valence-electron chi connectivity index (χ1n) is 7.03. The van der Waals surface area contributed by atoms with Crippen molar-refractivity contribution in [2.24, 2.45) is 10.9 Å². The van der Waals surface area contributed by atoms with Gasteiger partial charge in [-0.05, 0) is 32.2 Å². The summed E-state index contributed by atoms with van der Waals surface area (Å²) in [7, 11) is 0. The molecule has 0 saturated carbocycles. The average Bonchev–Trinajstić information content (AvgIpc) is 3.07. The number of thiophene rings is 1. The quantitative estimate of drug-likeness (QED) is 0.479. The van der Waals surface area contributed by atoms with Gasteiger partial charge in [-0.3, -0.25) is 4.79 Å². The molecule has 124 valence electrons. The van der Waals surface area contributed by atoms with Gasteiger partial charge in [0.15, 0.2) is 12.4 Å². The van der Waals surface area contributed by atoms with Gasteiger partial charge in [-0.2, -0.15) is 11.3 Å². The zero-order chi connectivity index (χ0) is 17.0. The molecule has 0 aromatic carbocycles. The van der Waals surface area contributed by atoms with Crippen LogP contribution >= 0.6 is 11.3 Å². The van der Waals surface area contributed by atoms with Crippen molar-refractivity contribution in [3.8, 4) is 11.5 Å². The predicted octanol–water partition coefficient (Wildman–Crippen LogP) is 2.42. The molecule has 7 nitrogen and oxygen atoms in total. The third kappa shape index (κ3) is 4.32. The van der Waals surface area contributed by atoms with E-state index < -0.39 is 5.54 Å². The van der Waals surface area contributed by atoms with E-state index in [9.17, 15) is 4.79 Å². The Morgan fingerprint density at radius 3 is 2.91 bits per heavy atom. The third-order valence-electron chi connectivity index (χ3n) is 3.15. The largest absolute Gasteiger partial charge is 0.441 e. The number of rotatable bonds is 6. The smallest absolute Gasteiger partial charge is 0.227 e. The van der Waals surface area contributed by atoms with Crippen LogP contribution in [-0.4, -0.2) is 22.3 Å². The molecule has 0 atom stereocenters. The number of hydrogen-bond acceptors (Lipinski definition) is 6. The van der Waals surface area contributed by atoms with Crippen LogP contribution in [0.25, 0.3) is 11.5 Å². The molecule has 0 aliphatic rings. The molecular formula is C15H20N4O3S. The van der Waals surface area contributed by atoms with Crippen LogP contribution in [0.5, 0.6) is 0 Å². The van der Waals surface area contributed by atoms with Crippen molar-refractivity contribution in [3.05, 3.63) is 28.3 Å². The van der Waals surface area contributed by atoms with Crippen molar-refractivity contribution in [1.82, 2.24) is 10.3 Å². The summed E-state index contributed by atoms with van der Waals surface area (Å²) in [4.78, 5) is 20.8. The molecular weight excluding hydrogens is 316 g/mol. The molecule has 8 heteroatoms. The van der Waals surface area contributed by atoms with Crippen LogP contribution in [0.2, 0.25) is 0 Å². The number of nitrogens with two attached hydrogens (primary N) is 1.